The molecule has 1 aromatic heterocycles. The van der Waals surface area contributed by atoms with Crippen LogP contribution in [-0.4, -0.2) is 35.4 Å². The van der Waals surface area contributed by atoms with Gasteiger partial charge in [0.1, 0.15) is 18.9 Å². The highest BCUT2D eigenvalue weighted by Crippen LogP contribution is 2.34. The zero-order chi connectivity index (χ0) is 17.1. The molecular weight excluding hydrogens is 322 g/mol. The highest BCUT2D eigenvalue weighted by Gasteiger charge is 2.13. The molecule has 0 radical (unpaired) electrons. The normalized spacial score (nSPS) is 12.3. The van der Waals surface area contributed by atoms with Crippen molar-refractivity contribution in [3.63, 3.8) is 0 Å². The minimum absolute atomic E-state index is 0.0857. The zero-order valence-electron chi connectivity index (χ0n) is 13.5. The van der Waals surface area contributed by atoms with Crippen molar-refractivity contribution in [2.24, 2.45) is 0 Å². The largest absolute Gasteiger partial charge is 0.492 e. The molecule has 0 aliphatic carbocycles. The lowest BCUT2D eigenvalue weighted by atomic mass is 10.3. The molecule has 0 unspecified atom stereocenters. The van der Waals surface area contributed by atoms with Gasteiger partial charge in [-0.05, 0) is 24.3 Å². The molecule has 1 aliphatic heterocycles. The summed E-state index contributed by atoms with van der Waals surface area (Å²) in [6.07, 6.45) is 1.67. The number of rotatable bonds is 6. The van der Waals surface area contributed by atoms with Crippen LogP contribution in [0, 0.1) is 0 Å². The van der Waals surface area contributed by atoms with Crippen LogP contribution in [-0.2, 0) is 11.3 Å². The van der Waals surface area contributed by atoms with Gasteiger partial charge < -0.3 is 24.1 Å². The molecule has 4 rings (SSSR count). The predicted octanol–water partition coefficient (Wildman–Crippen LogP) is 1.96. The fourth-order valence-electron chi connectivity index (χ4n) is 2.67. The standard InChI is InChI=1S/C18H17N3O4/c22-18(10-21-11-20-14-3-1-2-4-15(14)21)19-7-8-23-13-5-6-16-17(9-13)25-12-24-16/h1-6,9,11H,7-8,10,12H2,(H,19,22). The van der Waals surface area contributed by atoms with Crippen molar-refractivity contribution in [3.05, 3.63) is 48.8 Å². The molecule has 0 fully saturated rings. The number of carbonyl (C=O) groups excluding carboxylic acids is 1. The first-order valence-electron chi connectivity index (χ1n) is 7.98. The van der Waals surface area contributed by atoms with Gasteiger partial charge >= 0.3 is 0 Å². The maximum Gasteiger partial charge on any atom is 0.240 e. The second-order valence-electron chi connectivity index (χ2n) is 5.57. The second kappa shape index (κ2) is 6.72. The Labute approximate surface area is 144 Å². The Balaban J connectivity index is 1.25. The van der Waals surface area contributed by atoms with E-state index in [1.165, 1.54) is 0 Å². The van der Waals surface area contributed by atoms with E-state index in [1.807, 2.05) is 34.9 Å². The van der Waals surface area contributed by atoms with Crippen LogP contribution in [0.2, 0.25) is 0 Å². The van der Waals surface area contributed by atoms with E-state index >= 15 is 0 Å². The summed E-state index contributed by atoms with van der Waals surface area (Å²) in [5.74, 6) is 1.98. The third kappa shape index (κ3) is 3.35. The molecular formula is C18H17N3O4. The number of carbonyl (C=O) groups is 1. The summed E-state index contributed by atoms with van der Waals surface area (Å²) in [6.45, 7) is 1.25. The number of imidazole rings is 1. The molecule has 0 bridgehead atoms. The van der Waals surface area contributed by atoms with E-state index in [2.05, 4.69) is 10.3 Å². The third-order valence-corrected chi connectivity index (χ3v) is 3.88. The molecule has 1 aliphatic rings. The fourth-order valence-corrected chi connectivity index (χ4v) is 2.67. The maximum absolute atomic E-state index is 12.1. The summed E-state index contributed by atoms with van der Waals surface area (Å²) in [6, 6.07) is 13.1. The van der Waals surface area contributed by atoms with Gasteiger partial charge in [-0.1, -0.05) is 12.1 Å². The number of amides is 1. The summed E-state index contributed by atoms with van der Waals surface area (Å²) >= 11 is 0. The van der Waals surface area contributed by atoms with E-state index in [4.69, 9.17) is 14.2 Å². The number of ether oxygens (including phenoxy) is 3. The van der Waals surface area contributed by atoms with E-state index in [0.717, 1.165) is 11.0 Å². The minimum Gasteiger partial charge on any atom is -0.492 e. The van der Waals surface area contributed by atoms with E-state index in [9.17, 15) is 4.79 Å². The zero-order valence-corrected chi connectivity index (χ0v) is 13.5. The highest BCUT2D eigenvalue weighted by atomic mass is 16.7. The molecule has 7 heteroatoms. The number of aromatic nitrogens is 2. The Bertz CT molecular complexity index is 906. The van der Waals surface area contributed by atoms with Crippen LogP contribution in [0.1, 0.15) is 0 Å². The topological polar surface area (TPSA) is 74.6 Å². The van der Waals surface area contributed by atoms with Crippen LogP contribution in [0.3, 0.4) is 0 Å². The number of benzene rings is 2. The molecule has 0 saturated heterocycles. The predicted molar refractivity (Wildman–Crippen MR) is 90.8 cm³/mol. The summed E-state index contributed by atoms with van der Waals surface area (Å²) in [4.78, 5) is 16.3. The summed E-state index contributed by atoms with van der Waals surface area (Å²) in [5, 5.41) is 2.84. The van der Waals surface area contributed by atoms with E-state index < -0.39 is 0 Å². The van der Waals surface area contributed by atoms with Gasteiger partial charge in [0.2, 0.25) is 12.7 Å². The third-order valence-electron chi connectivity index (χ3n) is 3.88. The van der Waals surface area contributed by atoms with Crippen molar-refractivity contribution in [2.45, 2.75) is 6.54 Å². The Morgan fingerprint density at radius 2 is 2.08 bits per heavy atom. The minimum atomic E-state index is -0.0857. The van der Waals surface area contributed by atoms with Gasteiger partial charge in [0.05, 0.1) is 23.9 Å². The molecule has 25 heavy (non-hydrogen) atoms. The lowest BCUT2D eigenvalue weighted by Gasteiger charge is -2.09. The van der Waals surface area contributed by atoms with Gasteiger partial charge in [0, 0.05) is 6.07 Å². The molecule has 0 saturated carbocycles. The molecule has 128 valence electrons. The number of nitrogens with one attached hydrogen (secondary N) is 1. The average molecular weight is 339 g/mol. The van der Waals surface area contributed by atoms with Gasteiger partial charge in [0.15, 0.2) is 11.5 Å². The monoisotopic (exact) mass is 339 g/mol. The van der Waals surface area contributed by atoms with Crippen molar-refractivity contribution in [3.8, 4) is 17.2 Å². The van der Waals surface area contributed by atoms with E-state index in [1.54, 1.807) is 18.5 Å². The quantitative estimate of drug-likeness (QED) is 0.695. The van der Waals surface area contributed by atoms with E-state index in [-0.39, 0.29) is 19.2 Å². The second-order valence-corrected chi connectivity index (χ2v) is 5.57. The molecule has 0 atom stereocenters. The molecule has 3 aromatic rings. The summed E-state index contributed by atoms with van der Waals surface area (Å²) in [7, 11) is 0. The SMILES string of the molecule is O=C(Cn1cnc2ccccc21)NCCOc1ccc2c(c1)OCO2. The number of para-hydroxylation sites is 2. The molecule has 1 N–H and O–H groups in total. The number of hydrogen-bond donors (Lipinski definition) is 1. The van der Waals surface area contributed by atoms with Crippen molar-refractivity contribution in [2.75, 3.05) is 19.9 Å². The summed E-state index contributed by atoms with van der Waals surface area (Å²) < 4.78 is 18.0. The first kappa shape index (κ1) is 15.3. The smallest absolute Gasteiger partial charge is 0.240 e. The lowest BCUT2D eigenvalue weighted by molar-refractivity contribution is -0.121. The summed E-state index contributed by atoms with van der Waals surface area (Å²) in [5.41, 5.74) is 1.82. The van der Waals surface area contributed by atoms with Gasteiger partial charge in [-0.3, -0.25) is 4.79 Å². The fraction of sp³-hybridized carbons (Fsp3) is 0.222. The van der Waals surface area contributed by atoms with E-state index in [0.29, 0.717) is 30.4 Å². The molecule has 2 aromatic carbocycles. The van der Waals surface area contributed by atoms with Crippen molar-refractivity contribution in [1.82, 2.24) is 14.9 Å². The van der Waals surface area contributed by atoms with Crippen LogP contribution < -0.4 is 19.5 Å². The van der Waals surface area contributed by atoms with Crippen LogP contribution in [0.25, 0.3) is 11.0 Å². The maximum atomic E-state index is 12.1. The van der Waals surface area contributed by atoms with Crippen molar-refractivity contribution < 1.29 is 19.0 Å². The molecule has 0 spiro atoms. The van der Waals surface area contributed by atoms with Gasteiger partial charge in [0.25, 0.3) is 0 Å². The number of fused-ring (bicyclic) bond motifs is 2. The Hall–Kier alpha value is -3.22. The first-order chi connectivity index (χ1) is 12.3. The highest BCUT2D eigenvalue weighted by molar-refractivity contribution is 5.80. The number of hydrogen-bond acceptors (Lipinski definition) is 5. The van der Waals surface area contributed by atoms with Crippen LogP contribution in [0.5, 0.6) is 17.2 Å². The Morgan fingerprint density at radius 3 is 3.04 bits per heavy atom. The Morgan fingerprint density at radius 1 is 1.20 bits per heavy atom. The van der Waals surface area contributed by atoms with Crippen LogP contribution in [0.15, 0.2) is 48.8 Å². The lowest BCUT2D eigenvalue weighted by Crippen LogP contribution is -2.31. The molecule has 2 heterocycles. The van der Waals surface area contributed by atoms with Crippen molar-refractivity contribution in [1.29, 1.82) is 0 Å². The van der Waals surface area contributed by atoms with Crippen LogP contribution >= 0.6 is 0 Å². The number of nitrogens with zero attached hydrogens (tertiary/aromatic N) is 2. The average Bonchev–Trinajstić information content (AvgIpc) is 3.25. The van der Waals surface area contributed by atoms with Gasteiger partial charge in [-0.15, -0.1) is 0 Å². The first-order valence-corrected chi connectivity index (χ1v) is 7.98. The molecule has 1 amide bonds. The molecule has 7 nitrogen and oxygen atoms in total. The van der Waals surface area contributed by atoms with Gasteiger partial charge in [-0.2, -0.15) is 0 Å². The van der Waals surface area contributed by atoms with Crippen molar-refractivity contribution >= 4 is 16.9 Å². The Kier molecular flexibility index (Phi) is 4.12. The van der Waals surface area contributed by atoms with Crippen LogP contribution in [0.4, 0.5) is 0 Å². The van der Waals surface area contributed by atoms with Gasteiger partial charge in [-0.25, -0.2) is 4.98 Å².